The highest BCUT2D eigenvalue weighted by Crippen LogP contribution is 2.40. The molecule has 0 spiro atoms. The second kappa shape index (κ2) is 12.9. The summed E-state index contributed by atoms with van der Waals surface area (Å²) in [6, 6.07) is 10.8. The number of rotatable bonds is 9. The van der Waals surface area contributed by atoms with Crippen LogP contribution in [0.15, 0.2) is 42.7 Å². The quantitative estimate of drug-likeness (QED) is 0.245. The standard InChI is InChI=1S/C29H36ClN5O3S/c1-29(2,3)20-14-23(27(37-4)24(15-20)35-39-5)34-28(36)19-6-7-22(30)25(13-19)38-26-16-21(32-17-33-26)12-18-8-10-31-11-9-18/h6-7,13-18,31,35H,8-12H2,1-5H3,(H,34,36). The van der Waals surface area contributed by atoms with Crippen LogP contribution < -0.4 is 24.8 Å². The number of anilines is 2. The Labute approximate surface area is 239 Å². The molecule has 1 amide bonds. The third-order valence-corrected chi connectivity index (χ3v) is 7.42. The second-order valence-corrected chi connectivity index (χ2v) is 11.6. The molecule has 4 rings (SSSR count). The van der Waals surface area contributed by atoms with Crippen molar-refractivity contribution in [1.29, 1.82) is 0 Å². The van der Waals surface area contributed by atoms with Gasteiger partial charge in [0.15, 0.2) is 5.75 Å². The average Bonchev–Trinajstić information content (AvgIpc) is 2.90. The first-order valence-electron chi connectivity index (χ1n) is 13.0. The Hall–Kier alpha value is -3.01. The van der Waals surface area contributed by atoms with Gasteiger partial charge in [-0.15, -0.1) is 0 Å². The molecular formula is C29H36ClN5O3S. The Balaban J connectivity index is 1.55. The number of amides is 1. The van der Waals surface area contributed by atoms with Gasteiger partial charge >= 0.3 is 0 Å². The van der Waals surface area contributed by atoms with Gasteiger partial charge in [-0.3, -0.25) is 4.79 Å². The van der Waals surface area contributed by atoms with Crippen LogP contribution in [0.2, 0.25) is 5.02 Å². The minimum Gasteiger partial charge on any atom is -0.492 e. The average molecular weight is 570 g/mol. The molecule has 10 heteroatoms. The molecular weight excluding hydrogens is 534 g/mol. The number of hydrogen-bond donors (Lipinski definition) is 3. The highest BCUT2D eigenvalue weighted by atomic mass is 35.5. The van der Waals surface area contributed by atoms with Crippen molar-refractivity contribution in [3.63, 3.8) is 0 Å². The van der Waals surface area contributed by atoms with Gasteiger partial charge in [0.2, 0.25) is 5.88 Å². The summed E-state index contributed by atoms with van der Waals surface area (Å²) in [5.74, 6) is 1.56. The number of piperidine rings is 1. The second-order valence-electron chi connectivity index (χ2n) is 10.6. The lowest BCUT2D eigenvalue weighted by molar-refractivity contribution is 0.102. The zero-order chi connectivity index (χ0) is 28.0. The number of aromatic nitrogens is 2. The molecule has 39 heavy (non-hydrogen) atoms. The fourth-order valence-electron chi connectivity index (χ4n) is 4.52. The molecule has 8 nitrogen and oxygen atoms in total. The van der Waals surface area contributed by atoms with Gasteiger partial charge in [0.1, 0.15) is 12.1 Å². The summed E-state index contributed by atoms with van der Waals surface area (Å²) in [6.07, 6.45) is 6.57. The lowest BCUT2D eigenvalue weighted by atomic mass is 9.86. The van der Waals surface area contributed by atoms with Crippen molar-refractivity contribution in [3.8, 4) is 17.4 Å². The van der Waals surface area contributed by atoms with Gasteiger partial charge in [0.25, 0.3) is 5.91 Å². The summed E-state index contributed by atoms with van der Waals surface area (Å²) in [7, 11) is 1.59. The van der Waals surface area contributed by atoms with E-state index in [9.17, 15) is 4.79 Å². The van der Waals surface area contributed by atoms with E-state index in [4.69, 9.17) is 21.1 Å². The molecule has 0 bridgehead atoms. The molecule has 2 aromatic carbocycles. The van der Waals surface area contributed by atoms with Crippen LogP contribution >= 0.6 is 23.5 Å². The molecule has 0 aliphatic carbocycles. The Morgan fingerprint density at radius 2 is 1.87 bits per heavy atom. The van der Waals surface area contributed by atoms with Crippen LogP contribution in [-0.2, 0) is 11.8 Å². The number of carbonyl (C=O) groups is 1. The van der Waals surface area contributed by atoms with Crippen molar-refractivity contribution >= 4 is 40.8 Å². The largest absolute Gasteiger partial charge is 0.492 e. The van der Waals surface area contributed by atoms with E-state index in [1.54, 1.807) is 25.3 Å². The Morgan fingerprint density at radius 1 is 1.13 bits per heavy atom. The van der Waals surface area contributed by atoms with E-state index in [0.717, 1.165) is 49.3 Å². The van der Waals surface area contributed by atoms with Crippen molar-refractivity contribution in [3.05, 3.63) is 64.6 Å². The first kappa shape index (κ1) is 29.0. The monoisotopic (exact) mass is 569 g/mol. The summed E-state index contributed by atoms with van der Waals surface area (Å²) in [5, 5.41) is 6.78. The van der Waals surface area contributed by atoms with Crippen LogP contribution in [-0.4, -0.2) is 42.3 Å². The maximum Gasteiger partial charge on any atom is 0.255 e. The molecule has 2 heterocycles. The zero-order valence-electron chi connectivity index (χ0n) is 23.1. The molecule has 1 fully saturated rings. The molecule has 0 saturated carbocycles. The van der Waals surface area contributed by atoms with Crippen molar-refractivity contribution in [1.82, 2.24) is 15.3 Å². The first-order valence-corrected chi connectivity index (χ1v) is 14.6. The number of halogens is 1. The predicted octanol–water partition coefficient (Wildman–Crippen LogP) is 6.71. The van der Waals surface area contributed by atoms with Crippen molar-refractivity contribution in [2.75, 3.05) is 36.5 Å². The first-order chi connectivity index (χ1) is 18.7. The highest BCUT2D eigenvalue weighted by molar-refractivity contribution is 7.99. The normalized spacial score (nSPS) is 14.1. The smallest absolute Gasteiger partial charge is 0.255 e. The summed E-state index contributed by atoms with van der Waals surface area (Å²) in [4.78, 5) is 22.1. The molecule has 1 aliphatic rings. The van der Waals surface area contributed by atoms with Gasteiger partial charge in [-0.2, -0.15) is 0 Å². The van der Waals surface area contributed by atoms with Crippen LogP contribution in [0.5, 0.6) is 17.4 Å². The summed E-state index contributed by atoms with van der Waals surface area (Å²) in [5.41, 5.74) is 3.60. The van der Waals surface area contributed by atoms with E-state index in [0.29, 0.717) is 39.6 Å². The molecule has 208 valence electrons. The van der Waals surface area contributed by atoms with Crippen LogP contribution in [0.4, 0.5) is 11.4 Å². The van der Waals surface area contributed by atoms with Crippen LogP contribution in [0.3, 0.4) is 0 Å². The van der Waals surface area contributed by atoms with E-state index in [1.807, 2.05) is 24.5 Å². The topological polar surface area (TPSA) is 97.4 Å². The summed E-state index contributed by atoms with van der Waals surface area (Å²) >= 11 is 7.90. The van der Waals surface area contributed by atoms with Gasteiger partial charge in [0, 0.05) is 23.6 Å². The molecule has 3 N–H and O–H groups in total. The fraction of sp³-hybridized carbons (Fsp3) is 0.414. The highest BCUT2D eigenvalue weighted by Gasteiger charge is 2.22. The van der Waals surface area contributed by atoms with E-state index in [2.05, 4.69) is 46.1 Å². The molecule has 1 saturated heterocycles. The molecule has 1 aliphatic heterocycles. The molecule has 0 atom stereocenters. The fourth-order valence-corrected chi connectivity index (χ4v) is 5.04. The predicted molar refractivity (Wildman–Crippen MR) is 160 cm³/mol. The SMILES string of the molecule is COc1c(NSC)cc(C(C)(C)C)cc1NC(=O)c1ccc(Cl)c(Oc2cc(CC3CCNCC3)ncn2)c1. The minimum absolute atomic E-state index is 0.133. The van der Waals surface area contributed by atoms with Gasteiger partial charge in [-0.25, -0.2) is 9.97 Å². The minimum atomic E-state index is -0.315. The number of carbonyl (C=O) groups excluding carboxylic acids is 1. The van der Waals surface area contributed by atoms with Crippen LogP contribution in [0.1, 0.15) is 55.2 Å². The summed E-state index contributed by atoms with van der Waals surface area (Å²) < 4.78 is 14.9. The molecule has 1 aromatic heterocycles. The molecule has 0 unspecified atom stereocenters. The van der Waals surface area contributed by atoms with Gasteiger partial charge in [-0.1, -0.05) is 44.3 Å². The zero-order valence-corrected chi connectivity index (χ0v) is 24.6. The lowest BCUT2D eigenvalue weighted by Crippen LogP contribution is -2.28. The summed E-state index contributed by atoms with van der Waals surface area (Å²) in [6.45, 7) is 8.43. The lowest BCUT2D eigenvalue weighted by Gasteiger charge is -2.24. The Bertz CT molecular complexity index is 1310. The van der Waals surface area contributed by atoms with Crippen molar-refractivity contribution in [2.45, 2.75) is 45.4 Å². The molecule has 3 aromatic rings. The van der Waals surface area contributed by atoms with Gasteiger partial charge in [0.05, 0.1) is 23.5 Å². The maximum atomic E-state index is 13.4. The number of hydrogen-bond acceptors (Lipinski definition) is 8. The third-order valence-electron chi connectivity index (χ3n) is 6.68. The number of methoxy groups -OCH3 is 1. The Morgan fingerprint density at radius 3 is 2.56 bits per heavy atom. The molecule has 0 radical (unpaired) electrons. The van der Waals surface area contributed by atoms with Gasteiger partial charge < -0.3 is 24.8 Å². The number of ether oxygens (including phenoxy) is 2. The van der Waals surface area contributed by atoms with Crippen LogP contribution in [0, 0.1) is 5.92 Å². The van der Waals surface area contributed by atoms with E-state index < -0.39 is 0 Å². The third kappa shape index (κ3) is 7.56. The van der Waals surface area contributed by atoms with Crippen LogP contribution in [0.25, 0.3) is 0 Å². The van der Waals surface area contributed by atoms with E-state index in [1.165, 1.54) is 18.3 Å². The maximum absolute atomic E-state index is 13.4. The van der Waals surface area contributed by atoms with E-state index >= 15 is 0 Å². The van der Waals surface area contributed by atoms with Crippen molar-refractivity contribution < 1.29 is 14.3 Å². The van der Waals surface area contributed by atoms with E-state index in [-0.39, 0.29) is 11.3 Å². The van der Waals surface area contributed by atoms with Crippen molar-refractivity contribution in [2.24, 2.45) is 5.92 Å². The number of nitrogens with one attached hydrogen (secondary N) is 3. The Kier molecular flexibility index (Phi) is 9.58. The number of benzene rings is 2. The van der Waals surface area contributed by atoms with Gasteiger partial charge in [-0.05, 0) is 79.6 Å². The number of nitrogens with zero attached hydrogens (tertiary/aromatic N) is 2.